The number of benzene rings is 1. The van der Waals surface area contributed by atoms with Crippen LogP contribution >= 0.6 is 0 Å². The fourth-order valence-corrected chi connectivity index (χ4v) is 1.87. The lowest BCUT2D eigenvalue weighted by molar-refractivity contribution is 0.459. The summed E-state index contributed by atoms with van der Waals surface area (Å²) in [6.07, 6.45) is 3.45. The van der Waals surface area contributed by atoms with Crippen LogP contribution in [0.2, 0.25) is 0 Å². The van der Waals surface area contributed by atoms with Crippen molar-refractivity contribution in [2.24, 2.45) is 5.73 Å². The maximum atomic E-state index is 5.81. The molecule has 19 heavy (non-hydrogen) atoms. The van der Waals surface area contributed by atoms with Gasteiger partial charge in [0.2, 0.25) is 5.65 Å². The second-order valence-electron chi connectivity index (χ2n) is 4.09. The third-order valence-electron chi connectivity index (χ3n) is 2.86. The molecule has 2 N–H and O–H groups in total. The van der Waals surface area contributed by atoms with Gasteiger partial charge in [-0.3, -0.25) is 4.40 Å². The molecular weight excluding hydrogens is 242 g/mol. The Bertz CT molecular complexity index is 722. The molecular formula is C13H13N5O. The molecule has 0 bridgehead atoms. The van der Waals surface area contributed by atoms with E-state index in [9.17, 15) is 0 Å². The number of nitrogens with two attached hydrogens (primary N) is 1. The maximum absolute atomic E-state index is 5.81. The molecule has 0 aliphatic rings. The number of hydrogen-bond acceptors (Lipinski definition) is 5. The molecule has 0 saturated heterocycles. The summed E-state index contributed by atoms with van der Waals surface area (Å²) in [5.74, 6) is 1.89. The Hall–Kier alpha value is -2.47. The zero-order valence-corrected chi connectivity index (χ0v) is 10.4. The first-order valence-electron chi connectivity index (χ1n) is 5.92. The minimum atomic E-state index is 0.408. The van der Waals surface area contributed by atoms with Gasteiger partial charge in [-0.1, -0.05) is 18.2 Å². The van der Waals surface area contributed by atoms with E-state index in [4.69, 9.17) is 10.5 Å². The molecule has 96 valence electrons. The number of hydrogen-bond donors (Lipinski definition) is 1. The van der Waals surface area contributed by atoms with Crippen LogP contribution in [-0.4, -0.2) is 19.6 Å². The minimum absolute atomic E-state index is 0.408. The molecule has 3 rings (SSSR count). The van der Waals surface area contributed by atoms with Gasteiger partial charge in [0, 0.05) is 24.5 Å². The lowest BCUT2D eigenvalue weighted by atomic mass is 10.2. The summed E-state index contributed by atoms with van der Waals surface area (Å²) in [5.41, 5.74) is 7.20. The van der Waals surface area contributed by atoms with E-state index >= 15 is 0 Å². The predicted octanol–water partition coefficient (Wildman–Crippen LogP) is 1.68. The molecule has 3 aromatic rings. The van der Waals surface area contributed by atoms with Crippen LogP contribution < -0.4 is 10.5 Å². The average molecular weight is 255 g/mol. The topological polar surface area (TPSA) is 78.3 Å². The Labute approximate surface area is 109 Å². The standard InChI is InChI=1S/C13H13N5O/c1-9-16-17-12-13(15-6-7-18(9)12)19-11-5-3-2-4-10(11)8-14/h2-7H,8,14H2,1H3. The van der Waals surface area contributed by atoms with Crippen LogP contribution in [0.3, 0.4) is 0 Å². The molecule has 0 aliphatic heterocycles. The van der Waals surface area contributed by atoms with Gasteiger partial charge in [0.15, 0.2) is 0 Å². The van der Waals surface area contributed by atoms with Gasteiger partial charge in [-0.2, -0.15) is 0 Å². The SMILES string of the molecule is Cc1nnc2c(Oc3ccccc3CN)nccn12. The van der Waals surface area contributed by atoms with E-state index in [0.29, 0.717) is 23.8 Å². The van der Waals surface area contributed by atoms with Crippen molar-refractivity contribution in [3.05, 3.63) is 48.0 Å². The van der Waals surface area contributed by atoms with Gasteiger partial charge in [0.1, 0.15) is 11.6 Å². The van der Waals surface area contributed by atoms with Crippen LogP contribution in [0.5, 0.6) is 11.6 Å². The third kappa shape index (κ3) is 2.02. The fraction of sp³-hybridized carbons (Fsp3) is 0.154. The largest absolute Gasteiger partial charge is 0.436 e. The zero-order chi connectivity index (χ0) is 13.2. The number of ether oxygens (including phenoxy) is 1. The van der Waals surface area contributed by atoms with Crippen molar-refractivity contribution in [2.45, 2.75) is 13.5 Å². The van der Waals surface area contributed by atoms with Gasteiger partial charge >= 0.3 is 0 Å². The van der Waals surface area contributed by atoms with Gasteiger partial charge in [-0.25, -0.2) is 4.98 Å². The monoisotopic (exact) mass is 255 g/mol. The van der Waals surface area contributed by atoms with Crippen LogP contribution in [-0.2, 0) is 6.54 Å². The van der Waals surface area contributed by atoms with Crippen molar-refractivity contribution in [1.82, 2.24) is 19.6 Å². The normalized spacial score (nSPS) is 10.8. The van der Waals surface area contributed by atoms with E-state index in [1.165, 1.54) is 0 Å². The predicted molar refractivity (Wildman–Crippen MR) is 69.9 cm³/mol. The lowest BCUT2D eigenvalue weighted by Gasteiger charge is -2.09. The van der Waals surface area contributed by atoms with Crippen molar-refractivity contribution >= 4 is 5.65 Å². The molecule has 1 aromatic carbocycles. The van der Waals surface area contributed by atoms with E-state index in [0.717, 1.165) is 11.4 Å². The highest BCUT2D eigenvalue weighted by Gasteiger charge is 2.11. The number of rotatable bonds is 3. The van der Waals surface area contributed by atoms with Gasteiger partial charge in [-0.15, -0.1) is 10.2 Å². The van der Waals surface area contributed by atoms with Gasteiger partial charge in [0.05, 0.1) is 0 Å². The summed E-state index contributed by atoms with van der Waals surface area (Å²) < 4.78 is 7.64. The van der Waals surface area contributed by atoms with Crippen molar-refractivity contribution in [2.75, 3.05) is 0 Å². The van der Waals surface area contributed by atoms with Crippen LogP contribution in [0.15, 0.2) is 36.7 Å². The number of aromatic nitrogens is 4. The van der Waals surface area contributed by atoms with Crippen molar-refractivity contribution in [3.63, 3.8) is 0 Å². The molecule has 0 aliphatic carbocycles. The van der Waals surface area contributed by atoms with E-state index in [1.807, 2.05) is 35.6 Å². The summed E-state index contributed by atoms with van der Waals surface area (Å²) >= 11 is 0. The number of aryl methyl sites for hydroxylation is 1. The van der Waals surface area contributed by atoms with Crippen molar-refractivity contribution in [1.29, 1.82) is 0 Å². The third-order valence-corrected chi connectivity index (χ3v) is 2.86. The minimum Gasteiger partial charge on any atom is -0.436 e. The van der Waals surface area contributed by atoms with Gasteiger partial charge in [-0.05, 0) is 13.0 Å². The second kappa shape index (κ2) is 4.66. The molecule has 0 unspecified atom stereocenters. The molecule has 2 aromatic heterocycles. The Balaban J connectivity index is 2.06. The number of fused-ring (bicyclic) bond motifs is 1. The quantitative estimate of drug-likeness (QED) is 0.770. The summed E-state index contributed by atoms with van der Waals surface area (Å²) in [4.78, 5) is 4.20. The first-order chi connectivity index (χ1) is 9.29. The highest BCUT2D eigenvalue weighted by Crippen LogP contribution is 2.25. The van der Waals surface area contributed by atoms with Crippen LogP contribution in [0.1, 0.15) is 11.4 Å². The average Bonchev–Trinajstić information content (AvgIpc) is 2.82. The first kappa shape index (κ1) is 11.6. The molecule has 0 amide bonds. The fourth-order valence-electron chi connectivity index (χ4n) is 1.87. The summed E-state index contributed by atoms with van der Waals surface area (Å²) in [6, 6.07) is 7.59. The molecule has 0 saturated carbocycles. The summed E-state index contributed by atoms with van der Waals surface area (Å²) in [7, 11) is 0. The number of para-hydroxylation sites is 1. The Morgan fingerprint density at radius 2 is 2.11 bits per heavy atom. The molecule has 0 fully saturated rings. The lowest BCUT2D eigenvalue weighted by Crippen LogP contribution is -2.01. The highest BCUT2D eigenvalue weighted by atomic mass is 16.5. The van der Waals surface area contributed by atoms with Crippen LogP contribution in [0, 0.1) is 6.92 Å². The van der Waals surface area contributed by atoms with E-state index in [2.05, 4.69) is 15.2 Å². The van der Waals surface area contributed by atoms with Gasteiger partial charge in [0.25, 0.3) is 5.88 Å². The van der Waals surface area contributed by atoms with Crippen molar-refractivity contribution < 1.29 is 4.74 Å². The van der Waals surface area contributed by atoms with Crippen molar-refractivity contribution in [3.8, 4) is 11.6 Å². The maximum Gasteiger partial charge on any atom is 0.265 e. The Kier molecular flexibility index (Phi) is 2.85. The summed E-state index contributed by atoms with van der Waals surface area (Å²) in [5, 5.41) is 8.07. The molecule has 2 heterocycles. The van der Waals surface area contributed by atoms with Gasteiger partial charge < -0.3 is 10.5 Å². The van der Waals surface area contributed by atoms with E-state index < -0.39 is 0 Å². The Morgan fingerprint density at radius 3 is 2.95 bits per heavy atom. The van der Waals surface area contributed by atoms with Crippen LogP contribution in [0.25, 0.3) is 5.65 Å². The highest BCUT2D eigenvalue weighted by molar-refractivity contribution is 5.51. The Morgan fingerprint density at radius 1 is 1.26 bits per heavy atom. The molecule has 6 nitrogen and oxygen atoms in total. The smallest absolute Gasteiger partial charge is 0.265 e. The number of nitrogens with zero attached hydrogens (tertiary/aromatic N) is 4. The molecule has 0 radical (unpaired) electrons. The molecule has 0 atom stereocenters. The zero-order valence-electron chi connectivity index (χ0n) is 10.4. The second-order valence-corrected chi connectivity index (χ2v) is 4.09. The van der Waals surface area contributed by atoms with E-state index in [-0.39, 0.29) is 0 Å². The first-order valence-corrected chi connectivity index (χ1v) is 5.92. The van der Waals surface area contributed by atoms with Crippen LogP contribution in [0.4, 0.5) is 0 Å². The summed E-state index contributed by atoms with van der Waals surface area (Å²) in [6.45, 7) is 2.28. The molecule has 6 heteroatoms. The van der Waals surface area contributed by atoms with E-state index in [1.54, 1.807) is 12.4 Å². The molecule has 0 spiro atoms.